The van der Waals surface area contributed by atoms with Gasteiger partial charge in [0.25, 0.3) is 0 Å². The molecule has 7 N–H and O–H groups in total. The second-order valence-corrected chi connectivity index (χ2v) is 8.35. The van der Waals surface area contributed by atoms with Crippen molar-refractivity contribution in [2.24, 2.45) is 0 Å². The van der Waals surface area contributed by atoms with Crippen LogP contribution in [0.15, 0.2) is 42.5 Å². The van der Waals surface area contributed by atoms with E-state index < -0.39 is 61.1 Å². The lowest BCUT2D eigenvalue weighted by Gasteiger charge is -2.39. The summed E-state index contributed by atoms with van der Waals surface area (Å²) in [5, 5.41) is 68.4. The average molecular weight is 536 g/mol. The van der Waals surface area contributed by atoms with E-state index in [1.807, 2.05) is 0 Å². The molecule has 0 bridgehead atoms. The monoisotopic (exact) mass is 536 g/mol. The van der Waals surface area contributed by atoms with Gasteiger partial charge in [0.15, 0.2) is 23.0 Å². The number of esters is 2. The summed E-state index contributed by atoms with van der Waals surface area (Å²) in [4.78, 5) is 24.5. The maximum Gasteiger partial charge on any atom is 0.347 e. The van der Waals surface area contributed by atoms with Crippen molar-refractivity contribution in [2.45, 2.75) is 43.2 Å². The third kappa shape index (κ3) is 6.90. The summed E-state index contributed by atoms with van der Waals surface area (Å²) in [5.41, 5.74) is 0.707. The molecule has 1 saturated heterocycles. The summed E-state index contributed by atoms with van der Waals surface area (Å²) in [6, 6.07) is 7.77. The van der Waals surface area contributed by atoms with Gasteiger partial charge in [-0.15, -0.1) is 0 Å². The molecule has 206 valence electrons. The molecule has 0 saturated carbocycles. The van der Waals surface area contributed by atoms with Crippen molar-refractivity contribution in [3.05, 3.63) is 53.6 Å². The summed E-state index contributed by atoms with van der Waals surface area (Å²) in [5.74, 6) is -3.11. The number of aliphatic hydroxyl groups excluding tert-OH is 4. The number of carbonyl (C=O) groups is 2. The summed E-state index contributed by atoms with van der Waals surface area (Å²) in [6.07, 6.45) is -6.95. The molecule has 13 heteroatoms. The van der Waals surface area contributed by atoms with Crippen LogP contribution in [0.2, 0.25) is 0 Å². The molecule has 1 fully saturated rings. The van der Waals surface area contributed by atoms with Crippen molar-refractivity contribution in [1.29, 1.82) is 0 Å². The Balaban J connectivity index is 1.69. The van der Waals surface area contributed by atoms with Gasteiger partial charge in [-0.2, -0.15) is 0 Å². The topological polar surface area (TPSA) is 213 Å². The number of benzene rings is 2. The standard InChI is InChI=1S/C25H28O13/c1-35-24(34)18(10-13-3-5-14(27)16(29)8-13)36-20(30)7-4-12-2-6-15(28)17(9-12)37-25-23(33)22(32)21(31)19(11-26)38-25/h2-9,18-19,21-23,25-29,31-33H,10-11H2,1H3/b7-4+/t18-,19-,21-,22+,23-,25-/m1/s1. The lowest BCUT2D eigenvalue weighted by atomic mass is 9.99. The quantitative estimate of drug-likeness (QED) is 0.120. The number of rotatable bonds is 9. The summed E-state index contributed by atoms with van der Waals surface area (Å²) < 4.78 is 20.5. The Morgan fingerprint density at radius 2 is 1.68 bits per heavy atom. The second-order valence-electron chi connectivity index (χ2n) is 8.35. The normalized spacial score (nSPS) is 24.1. The van der Waals surface area contributed by atoms with Gasteiger partial charge in [-0.3, -0.25) is 0 Å². The molecule has 13 nitrogen and oxygen atoms in total. The molecule has 2 aromatic rings. The SMILES string of the molecule is COC(=O)[C@@H](Cc1ccc(O)c(O)c1)OC(=O)/C=C/c1ccc(O)c(O[C@@H]2O[C@H](CO)[C@@H](O)[C@H](O)[C@H]2O)c1. The van der Waals surface area contributed by atoms with Crippen LogP contribution >= 0.6 is 0 Å². The number of hydrogen-bond acceptors (Lipinski definition) is 13. The van der Waals surface area contributed by atoms with Gasteiger partial charge in [0, 0.05) is 12.5 Å². The van der Waals surface area contributed by atoms with Crippen molar-refractivity contribution < 1.29 is 64.3 Å². The van der Waals surface area contributed by atoms with Gasteiger partial charge in [-0.1, -0.05) is 12.1 Å². The van der Waals surface area contributed by atoms with E-state index in [1.165, 1.54) is 42.5 Å². The molecule has 6 atom stereocenters. The van der Waals surface area contributed by atoms with E-state index in [9.17, 15) is 45.3 Å². The highest BCUT2D eigenvalue weighted by Crippen LogP contribution is 2.32. The molecule has 1 aliphatic rings. The molecule has 2 aromatic carbocycles. The van der Waals surface area contributed by atoms with Gasteiger partial charge in [0.2, 0.25) is 12.4 Å². The maximum absolute atomic E-state index is 12.4. The van der Waals surface area contributed by atoms with E-state index in [2.05, 4.69) is 4.74 Å². The van der Waals surface area contributed by atoms with Gasteiger partial charge in [0.05, 0.1) is 13.7 Å². The predicted octanol–water partition coefficient (Wildman–Crippen LogP) is -0.677. The Hall–Kier alpha value is -3.88. The highest BCUT2D eigenvalue weighted by molar-refractivity contribution is 5.89. The molecule has 0 unspecified atom stereocenters. The first-order chi connectivity index (χ1) is 18.0. The van der Waals surface area contributed by atoms with E-state index in [1.54, 1.807) is 0 Å². The molecular formula is C25H28O13. The van der Waals surface area contributed by atoms with Crippen LogP contribution < -0.4 is 4.74 Å². The van der Waals surface area contributed by atoms with Gasteiger partial charge < -0.3 is 54.7 Å². The molecule has 0 aliphatic carbocycles. The van der Waals surface area contributed by atoms with E-state index in [4.69, 9.17) is 14.2 Å². The zero-order valence-electron chi connectivity index (χ0n) is 20.1. The van der Waals surface area contributed by atoms with Crippen LogP contribution in [0.5, 0.6) is 23.0 Å². The predicted molar refractivity (Wildman–Crippen MR) is 127 cm³/mol. The smallest absolute Gasteiger partial charge is 0.347 e. The van der Waals surface area contributed by atoms with Crippen molar-refractivity contribution in [2.75, 3.05) is 13.7 Å². The summed E-state index contributed by atoms with van der Waals surface area (Å²) in [6.45, 7) is -0.665. The number of ether oxygens (including phenoxy) is 4. The van der Waals surface area contributed by atoms with Crippen molar-refractivity contribution in [3.8, 4) is 23.0 Å². The molecule has 1 heterocycles. The Kier molecular flexibility index (Phi) is 9.50. The number of phenols is 3. The zero-order chi connectivity index (χ0) is 28.0. The first-order valence-corrected chi connectivity index (χ1v) is 11.3. The molecule has 1 aliphatic heterocycles. The Morgan fingerprint density at radius 3 is 2.34 bits per heavy atom. The first kappa shape index (κ1) is 28.7. The third-order valence-electron chi connectivity index (χ3n) is 5.67. The van der Waals surface area contributed by atoms with Crippen LogP contribution in [0, 0.1) is 0 Å². The first-order valence-electron chi connectivity index (χ1n) is 11.3. The largest absolute Gasteiger partial charge is 0.504 e. The van der Waals surface area contributed by atoms with Gasteiger partial charge in [-0.05, 0) is 41.5 Å². The third-order valence-corrected chi connectivity index (χ3v) is 5.67. The minimum absolute atomic E-state index is 0.142. The molecule has 0 radical (unpaired) electrons. The number of aromatic hydroxyl groups is 3. The lowest BCUT2D eigenvalue weighted by Crippen LogP contribution is -2.60. The van der Waals surface area contributed by atoms with E-state index in [0.717, 1.165) is 13.2 Å². The molecule has 0 aromatic heterocycles. The molecule has 0 spiro atoms. The fraction of sp³-hybridized carbons (Fsp3) is 0.360. The molecule has 38 heavy (non-hydrogen) atoms. The van der Waals surface area contributed by atoms with E-state index in [-0.39, 0.29) is 23.7 Å². The van der Waals surface area contributed by atoms with Crippen LogP contribution in [0.1, 0.15) is 11.1 Å². The summed E-state index contributed by atoms with van der Waals surface area (Å²) in [7, 11) is 1.11. The molecular weight excluding hydrogens is 508 g/mol. The summed E-state index contributed by atoms with van der Waals surface area (Å²) >= 11 is 0. The van der Waals surface area contributed by atoms with E-state index >= 15 is 0 Å². The second kappa shape index (κ2) is 12.6. The lowest BCUT2D eigenvalue weighted by molar-refractivity contribution is -0.277. The molecule has 0 amide bonds. The number of hydrogen-bond donors (Lipinski definition) is 7. The van der Waals surface area contributed by atoms with Gasteiger partial charge >= 0.3 is 11.9 Å². The minimum atomic E-state index is -1.70. The fourth-order valence-corrected chi connectivity index (χ4v) is 3.58. The van der Waals surface area contributed by atoms with E-state index in [0.29, 0.717) is 11.1 Å². The zero-order valence-corrected chi connectivity index (χ0v) is 20.1. The number of carbonyl (C=O) groups excluding carboxylic acids is 2. The number of phenolic OH excluding ortho intramolecular Hbond substituents is 3. The Bertz CT molecular complexity index is 1160. The van der Waals surface area contributed by atoms with Gasteiger partial charge in [0.1, 0.15) is 24.4 Å². The highest BCUT2D eigenvalue weighted by Gasteiger charge is 2.44. The molecule has 3 rings (SSSR count). The number of methoxy groups -OCH3 is 1. The van der Waals surface area contributed by atoms with Crippen molar-refractivity contribution in [1.82, 2.24) is 0 Å². The minimum Gasteiger partial charge on any atom is -0.504 e. The highest BCUT2D eigenvalue weighted by atomic mass is 16.7. The average Bonchev–Trinajstić information content (AvgIpc) is 2.90. The van der Waals surface area contributed by atoms with Crippen molar-refractivity contribution in [3.63, 3.8) is 0 Å². The van der Waals surface area contributed by atoms with Crippen LogP contribution in [-0.2, 0) is 30.2 Å². The Labute approximate surface area is 216 Å². The van der Waals surface area contributed by atoms with Crippen LogP contribution in [0.25, 0.3) is 6.08 Å². The number of aliphatic hydroxyl groups is 4. The maximum atomic E-state index is 12.4. The van der Waals surface area contributed by atoms with Crippen LogP contribution in [0.4, 0.5) is 0 Å². The van der Waals surface area contributed by atoms with Crippen molar-refractivity contribution >= 4 is 18.0 Å². The Morgan fingerprint density at radius 1 is 0.974 bits per heavy atom. The van der Waals surface area contributed by atoms with Crippen LogP contribution in [-0.4, -0.2) is 98.2 Å². The van der Waals surface area contributed by atoms with Crippen LogP contribution in [0.3, 0.4) is 0 Å². The fourth-order valence-electron chi connectivity index (χ4n) is 3.58. The van der Waals surface area contributed by atoms with Gasteiger partial charge in [-0.25, -0.2) is 9.59 Å².